The van der Waals surface area contributed by atoms with Crippen molar-refractivity contribution in [3.63, 3.8) is 0 Å². The summed E-state index contributed by atoms with van der Waals surface area (Å²) in [6.45, 7) is 1.10. The van der Waals surface area contributed by atoms with Gasteiger partial charge in [0.25, 0.3) is 0 Å². The summed E-state index contributed by atoms with van der Waals surface area (Å²) in [4.78, 5) is 22.1. The van der Waals surface area contributed by atoms with E-state index in [1.807, 2.05) is 6.26 Å². The van der Waals surface area contributed by atoms with Gasteiger partial charge in [-0.15, -0.1) is 0 Å². The summed E-state index contributed by atoms with van der Waals surface area (Å²) >= 11 is 1.67. The molecule has 0 aromatic carbocycles. The van der Waals surface area contributed by atoms with Crippen LogP contribution in [0, 0.1) is 5.41 Å². The summed E-state index contributed by atoms with van der Waals surface area (Å²) in [5.41, 5.74) is -0.206. The first-order valence-electron chi connectivity index (χ1n) is 5.80. The van der Waals surface area contributed by atoms with Crippen LogP contribution in [-0.4, -0.2) is 42.2 Å². The minimum atomic E-state index is -0.783. The van der Waals surface area contributed by atoms with Crippen molar-refractivity contribution in [2.24, 2.45) is 5.41 Å². The summed E-state index contributed by atoms with van der Waals surface area (Å²) < 4.78 is 0. The van der Waals surface area contributed by atoms with Crippen molar-refractivity contribution >= 4 is 23.8 Å². The second-order valence-electron chi connectivity index (χ2n) is 4.53. The number of thioether (sulfide) groups is 1. The Balaban J connectivity index is 2.23. The summed E-state index contributed by atoms with van der Waals surface area (Å²) in [6.07, 6.45) is 4.98. The Morgan fingerprint density at radius 2 is 2.06 bits per heavy atom. The molecule has 1 saturated carbocycles. The zero-order valence-electron chi connectivity index (χ0n) is 10.1. The lowest BCUT2D eigenvalue weighted by atomic mass is 9.66. The van der Waals surface area contributed by atoms with Gasteiger partial charge in [0.15, 0.2) is 0 Å². The van der Waals surface area contributed by atoms with Gasteiger partial charge in [-0.2, -0.15) is 11.8 Å². The van der Waals surface area contributed by atoms with Crippen LogP contribution < -0.4 is 10.6 Å². The number of nitrogens with one attached hydrogen (secondary N) is 2. The molecule has 0 aromatic rings. The van der Waals surface area contributed by atoms with Crippen LogP contribution in [0.25, 0.3) is 0 Å². The monoisotopic (exact) mass is 260 g/mol. The second kappa shape index (κ2) is 6.74. The zero-order valence-corrected chi connectivity index (χ0v) is 10.9. The highest BCUT2D eigenvalue weighted by Crippen LogP contribution is 2.43. The number of carbonyl (C=O) groups excluding carboxylic acids is 1. The van der Waals surface area contributed by atoms with Gasteiger partial charge in [-0.3, -0.25) is 4.79 Å². The molecule has 17 heavy (non-hydrogen) atoms. The Hall–Kier alpha value is -0.910. The first-order chi connectivity index (χ1) is 8.08. The molecule has 0 aliphatic heterocycles. The Labute approximate surface area is 106 Å². The van der Waals surface area contributed by atoms with Crippen LogP contribution in [0.5, 0.6) is 0 Å². The van der Waals surface area contributed by atoms with Crippen LogP contribution >= 0.6 is 11.8 Å². The number of hydrogen-bond acceptors (Lipinski definition) is 3. The molecule has 3 N–H and O–H groups in total. The van der Waals surface area contributed by atoms with Crippen LogP contribution in [0.3, 0.4) is 0 Å². The number of rotatable bonds is 7. The third-order valence-corrected chi connectivity index (χ3v) is 3.77. The van der Waals surface area contributed by atoms with E-state index in [4.69, 9.17) is 5.11 Å². The van der Waals surface area contributed by atoms with E-state index in [-0.39, 0.29) is 17.9 Å². The first-order valence-corrected chi connectivity index (χ1v) is 7.20. The lowest BCUT2D eigenvalue weighted by Gasteiger charge is -2.40. The van der Waals surface area contributed by atoms with Crippen LogP contribution in [-0.2, 0) is 4.79 Å². The van der Waals surface area contributed by atoms with Gasteiger partial charge in [0.2, 0.25) is 0 Å². The van der Waals surface area contributed by atoms with Gasteiger partial charge >= 0.3 is 12.0 Å². The predicted octanol–water partition coefficient (Wildman–Crippen LogP) is 1.29. The number of hydrogen-bond donors (Lipinski definition) is 3. The summed E-state index contributed by atoms with van der Waals surface area (Å²) in [5.74, 6) is 0.0996. The van der Waals surface area contributed by atoms with Gasteiger partial charge < -0.3 is 15.7 Å². The number of aliphatic carboxylic acids is 1. The van der Waals surface area contributed by atoms with Gasteiger partial charge in [-0.25, -0.2) is 4.79 Å². The number of carboxylic acids is 1. The molecule has 1 aliphatic carbocycles. The Morgan fingerprint density at radius 3 is 2.53 bits per heavy atom. The quantitative estimate of drug-likeness (QED) is 0.603. The number of amides is 2. The topological polar surface area (TPSA) is 78.4 Å². The standard InChI is InChI=1S/C11H20N2O3S/c1-17-6-5-12-10(16)13-8-11(3-2-4-11)7-9(14)15/h2-8H2,1H3,(H,14,15)(H2,12,13,16). The molecule has 0 bridgehead atoms. The highest BCUT2D eigenvalue weighted by atomic mass is 32.2. The van der Waals surface area contributed by atoms with Crippen molar-refractivity contribution in [3.05, 3.63) is 0 Å². The van der Waals surface area contributed by atoms with E-state index >= 15 is 0 Å². The molecule has 0 unspecified atom stereocenters. The fourth-order valence-electron chi connectivity index (χ4n) is 2.01. The largest absolute Gasteiger partial charge is 0.481 e. The molecular weight excluding hydrogens is 240 g/mol. The second-order valence-corrected chi connectivity index (χ2v) is 5.51. The fraction of sp³-hybridized carbons (Fsp3) is 0.818. The van der Waals surface area contributed by atoms with Crippen molar-refractivity contribution in [2.45, 2.75) is 25.7 Å². The molecule has 0 saturated heterocycles. The molecule has 0 radical (unpaired) electrons. The van der Waals surface area contributed by atoms with E-state index in [2.05, 4.69) is 10.6 Å². The molecule has 2 amide bonds. The third-order valence-electron chi connectivity index (χ3n) is 3.16. The van der Waals surface area contributed by atoms with Crippen molar-refractivity contribution in [2.75, 3.05) is 25.1 Å². The SMILES string of the molecule is CSCCNC(=O)NCC1(CC(=O)O)CCC1. The zero-order chi connectivity index (χ0) is 12.7. The van der Waals surface area contributed by atoms with Gasteiger partial charge in [0.1, 0.15) is 0 Å². The normalized spacial score (nSPS) is 17.0. The van der Waals surface area contributed by atoms with E-state index in [0.717, 1.165) is 25.0 Å². The van der Waals surface area contributed by atoms with Crippen molar-refractivity contribution in [1.82, 2.24) is 10.6 Å². The molecule has 5 nitrogen and oxygen atoms in total. The number of carbonyl (C=O) groups is 2. The van der Waals surface area contributed by atoms with Gasteiger partial charge in [0.05, 0.1) is 6.42 Å². The Kier molecular flexibility index (Phi) is 5.61. The molecule has 0 heterocycles. The maximum atomic E-state index is 11.4. The molecule has 0 atom stereocenters. The molecule has 1 rings (SSSR count). The molecule has 6 heteroatoms. The minimum absolute atomic E-state index is 0.151. The third kappa shape index (κ3) is 4.85. The van der Waals surface area contributed by atoms with Crippen molar-refractivity contribution < 1.29 is 14.7 Å². The molecule has 0 spiro atoms. The van der Waals surface area contributed by atoms with E-state index in [1.54, 1.807) is 11.8 Å². The van der Waals surface area contributed by atoms with Gasteiger partial charge in [0, 0.05) is 18.8 Å². The molecule has 1 fully saturated rings. The van der Waals surface area contributed by atoms with Crippen molar-refractivity contribution in [3.8, 4) is 0 Å². The van der Waals surface area contributed by atoms with E-state index in [1.165, 1.54) is 0 Å². The summed E-state index contributed by atoms with van der Waals surface area (Å²) in [5, 5.41) is 14.3. The number of carboxylic acid groups (broad SMARTS) is 1. The maximum Gasteiger partial charge on any atom is 0.314 e. The highest BCUT2D eigenvalue weighted by molar-refractivity contribution is 7.98. The van der Waals surface area contributed by atoms with Gasteiger partial charge in [-0.1, -0.05) is 6.42 Å². The number of urea groups is 1. The highest BCUT2D eigenvalue weighted by Gasteiger charge is 2.39. The lowest BCUT2D eigenvalue weighted by Crippen LogP contribution is -2.46. The van der Waals surface area contributed by atoms with Crippen LogP contribution in [0.2, 0.25) is 0 Å². The molecular formula is C11H20N2O3S. The van der Waals surface area contributed by atoms with E-state index in [0.29, 0.717) is 13.1 Å². The summed E-state index contributed by atoms with van der Waals surface area (Å²) in [6, 6.07) is -0.198. The fourth-order valence-corrected chi connectivity index (χ4v) is 2.32. The molecule has 98 valence electrons. The average Bonchev–Trinajstić information content (AvgIpc) is 2.22. The van der Waals surface area contributed by atoms with Crippen LogP contribution in [0.1, 0.15) is 25.7 Å². The van der Waals surface area contributed by atoms with Crippen molar-refractivity contribution in [1.29, 1.82) is 0 Å². The first kappa shape index (κ1) is 14.2. The lowest BCUT2D eigenvalue weighted by molar-refractivity contribution is -0.141. The maximum absolute atomic E-state index is 11.4. The average molecular weight is 260 g/mol. The molecule has 0 aromatic heterocycles. The van der Waals surface area contributed by atoms with E-state index < -0.39 is 5.97 Å². The van der Waals surface area contributed by atoms with Crippen LogP contribution in [0.15, 0.2) is 0 Å². The van der Waals surface area contributed by atoms with Gasteiger partial charge in [-0.05, 0) is 24.5 Å². The molecule has 1 aliphatic rings. The summed E-state index contributed by atoms with van der Waals surface area (Å²) in [7, 11) is 0. The van der Waals surface area contributed by atoms with Crippen LogP contribution in [0.4, 0.5) is 4.79 Å². The smallest absolute Gasteiger partial charge is 0.314 e. The Morgan fingerprint density at radius 1 is 1.35 bits per heavy atom. The Bertz CT molecular complexity index is 280. The van der Waals surface area contributed by atoms with E-state index in [9.17, 15) is 9.59 Å². The minimum Gasteiger partial charge on any atom is -0.481 e. The predicted molar refractivity (Wildman–Crippen MR) is 68.3 cm³/mol.